The number of esters is 1. The fraction of sp³-hybridized carbons (Fsp3) is 0.308. The number of ether oxygens (including phenoxy) is 1. The van der Waals surface area contributed by atoms with Gasteiger partial charge in [0.15, 0.2) is 0 Å². The molecule has 0 fully saturated rings. The van der Waals surface area contributed by atoms with Crippen molar-refractivity contribution in [1.82, 2.24) is 5.32 Å². The molecule has 0 aliphatic heterocycles. The van der Waals surface area contributed by atoms with Crippen LogP contribution in [0.2, 0.25) is 0 Å². The van der Waals surface area contributed by atoms with Crippen molar-refractivity contribution < 1.29 is 9.53 Å². The Morgan fingerprint density at radius 3 is 2.88 bits per heavy atom. The number of carbonyl (C=O) groups excluding carboxylic acids is 1. The summed E-state index contributed by atoms with van der Waals surface area (Å²) in [6, 6.07) is 7.28. The Balaban J connectivity index is 2.80. The number of hydrogen-bond donors (Lipinski definition) is 1. The zero-order valence-corrected chi connectivity index (χ0v) is 9.49. The van der Waals surface area contributed by atoms with Gasteiger partial charge in [0, 0.05) is 6.54 Å². The lowest BCUT2D eigenvalue weighted by Gasteiger charge is -2.10. The van der Waals surface area contributed by atoms with Crippen molar-refractivity contribution in [1.29, 1.82) is 0 Å². The van der Waals surface area contributed by atoms with Crippen LogP contribution in [0.4, 0.5) is 0 Å². The molecule has 0 aliphatic rings. The zero-order valence-electron chi connectivity index (χ0n) is 9.49. The van der Waals surface area contributed by atoms with Crippen LogP contribution in [0.1, 0.15) is 22.8 Å². The van der Waals surface area contributed by atoms with Crippen molar-refractivity contribution in [3.05, 3.63) is 35.4 Å². The van der Waals surface area contributed by atoms with Gasteiger partial charge < -0.3 is 4.74 Å². The van der Waals surface area contributed by atoms with E-state index in [1.54, 1.807) is 12.1 Å². The Labute approximate surface area is 95.8 Å². The lowest BCUT2D eigenvalue weighted by molar-refractivity contribution is 0.0599. The van der Waals surface area contributed by atoms with Crippen molar-refractivity contribution in [3.63, 3.8) is 0 Å². The molecule has 1 unspecified atom stereocenters. The molecule has 0 bridgehead atoms. The molecular formula is C13H15NO2. The van der Waals surface area contributed by atoms with E-state index in [1.165, 1.54) is 7.11 Å². The molecule has 1 rings (SSSR count). The second kappa shape index (κ2) is 5.94. The minimum atomic E-state index is -0.328. The molecule has 0 aliphatic carbocycles. The molecule has 1 aromatic rings. The third-order valence-electron chi connectivity index (χ3n) is 2.27. The minimum absolute atomic E-state index is 0.0225. The average molecular weight is 217 g/mol. The quantitative estimate of drug-likeness (QED) is 0.614. The lowest BCUT2D eigenvalue weighted by Crippen LogP contribution is -2.24. The molecule has 3 nitrogen and oxygen atoms in total. The lowest BCUT2D eigenvalue weighted by atomic mass is 10.1. The first kappa shape index (κ1) is 12.3. The van der Waals surface area contributed by atoms with Crippen LogP contribution in [-0.4, -0.2) is 19.1 Å². The van der Waals surface area contributed by atoms with Crippen LogP contribution in [0.3, 0.4) is 0 Å². The van der Waals surface area contributed by atoms with Gasteiger partial charge in [0.1, 0.15) is 0 Å². The smallest absolute Gasteiger partial charge is 0.338 e. The Hall–Kier alpha value is -1.79. The first-order valence-corrected chi connectivity index (χ1v) is 5.04. The predicted octanol–water partition coefficient (Wildman–Crippen LogP) is 1.58. The number of hydrogen-bond acceptors (Lipinski definition) is 3. The summed E-state index contributed by atoms with van der Waals surface area (Å²) in [4.78, 5) is 11.5. The maximum Gasteiger partial charge on any atom is 0.338 e. The monoisotopic (exact) mass is 217 g/mol. The van der Waals surface area contributed by atoms with Crippen LogP contribution in [0.5, 0.6) is 0 Å². The molecule has 1 aromatic carbocycles. The van der Waals surface area contributed by atoms with E-state index in [0.29, 0.717) is 12.1 Å². The fourth-order valence-corrected chi connectivity index (χ4v) is 1.31. The maximum absolute atomic E-state index is 11.5. The highest BCUT2D eigenvalue weighted by molar-refractivity contribution is 5.90. The fourth-order valence-electron chi connectivity index (χ4n) is 1.31. The van der Waals surface area contributed by atoms with Gasteiger partial charge in [0.25, 0.3) is 0 Å². The number of terminal acetylenes is 1. The van der Waals surface area contributed by atoms with Crippen LogP contribution in [0.15, 0.2) is 24.3 Å². The first-order valence-electron chi connectivity index (χ1n) is 5.04. The molecule has 3 heteroatoms. The van der Waals surface area contributed by atoms with Crippen LogP contribution in [0.25, 0.3) is 0 Å². The number of nitrogens with one attached hydrogen (secondary N) is 1. The molecule has 0 saturated heterocycles. The number of carbonyl (C=O) groups is 1. The highest BCUT2D eigenvalue weighted by atomic mass is 16.5. The van der Waals surface area contributed by atoms with E-state index in [1.807, 2.05) is 19.1 Å². The molecule has 0 spiro atoms. The van der Waals surface area contributed by atoms with Crippen molar-refractivity contribution in [3.8, 4) is 12.3 Å². The average Bonchev–Trinajstić information content (AvgIpc) is 2.35. The third kappa shape index (κ3) is 3.11. The summed E-state index contributed by atoms with van der Waals surface area (Å²) in [5, 5.41) is 3.12. The molecule has 1 atom stereocenters. The van der Waals surface area contributed by atoms with Gasteiger partial charge in [-0.25, -0.2) is 4.79 Å². The van der Waals surface area contributed by atoms with E-state index in [-0.39, 0.29) is 12.0 Å². The summed E-state index contributed by atoms with van der Waals surface area (Å²) in [7, 11) is 1.37. The molecule has 0 heterocycles. The number of rotatable bonds is 4. The van der Waals surface area contributed by atoms with E-state index in [4.69, 9.17) is 11.2 Å². The molecule has 0 radical (unpaired) electrons. The summed E-state index contributed by atoms with van der Waals surface area (Å²) in [5.74, 6) is 2.24. The van der Waals surface area contributed by atoms with Crippen LogP contribution < -0.4 is 5.32 Å². The van der Waals surface area contributed by atoms with Gasteiger partial charge in [0.2, 0.25) is 0 Å². The van der Waals surface area contributed by atoms with Crippen molar-refractivity contribution in [2.75, 3.05) is 7.11 Å². The van der Waals surface area contributed by atoms with Gasteiger partial charge in [-0.05, 0) is 18.6 Å². The Kier molecular flexibility index (Phi) is 4.56. The van der Waals surface area contributed by atoms with E-state index in [2.05, 4.69) is 11.2 Å². The highest BCUT2D eigenvalue weighted by Crippen LogP contribution is 2.09. The van der Waals surface area contributed by atoms with Crippen LogP contribution >= 0.6 is 0 Å². The van der Waals surface area contributed by atoms with Crippen molar-refractivity contribution in [2.24, 2.45) is 0 Å². The first-order chi connectivity index (χ1) is 7.69. The Bertz CT molecular complexity index is 407. The Morgan fingerprint density at radius 1 is 1.56 bits per heavy atom. The van der Waals surface area contributed by atoms with E-state index in [0.717, 1.165) is 5.56 Å². The summed E-state index contributed by atoms with van der Waals surface area (Å²) in [6.45, 7) is 2.44. The van der Waals surface area contributed by atoms with E-state index >= 15 is 0 Å². The van der Waals surface area contributed by atoms with E-state index in [9.17, 15) is 4.79 Å². The molecule has 16 heavy (non-hydrogen) atoms. The van der Waals surface area contributed by atoms with Crippen LogP contribution in [-0.2, 0) is 11.3 Å². The molecule has 1 N–H and O–H groups in total. The highest BCUT2D eigenvalue weighted by Gasteiger charge is 2.10. The second-order valence-corrected chi connectivity index (χ2v) is 3.42. The maximum atomic E-state index is 11.5. The topological polar surface area (TPSA) is 38.3 Å². The molecule has 0 amide bonds. The second-order valence-electron chi connectivity index (χ2n) is 3.42. The summed E-state index contributed by atoms with van der Waals surface area (Å²) >= 11 is 0. The summed E-state index contributed by atoms with van der Waals surface area (Å²) < 4.78 is 4.70. The third-order valence-corrected chi connectivity index (χ3v) is 2.27. The van der Waals surface area contributed by atoms with Crippen molar-refractivity contribution >= 4 is 5.97 Å². The van der Waals surface area contributed by atoms with Gasteiger partial charge in [0.05, 0.1) is 18.7 Å². The van der Waals surface area contributed by atoms with Gasteiger partial charge >= 0.3 is 5.97 Å². The normalized spacial score (nSPS) is 11.6. The molecular weight excluding hydrogens is 202 g/mol. The predicted molar refractivity (Wildman–Crippen MR) is 62.9 cm³/mol. The van der Waals surface area contributed by atoms with Gasteiger partial charge in [-0.3, -0.25) is 5.32 Å². The largest absolute Gasteiger partial charge is 0.465 e. The van der Waals surface area contributed by atoms with Gasteiger partial charge in [-0.2, -0.15) is 0 Å². The molecule has 0 aromatic heterocycles. The summed E-state index contributed by atoms with van der Waals surface area (Å²) in [5.41, 5.74) is 1.46. The van der Waals surface area contributed by atoms with Gasteiger partial charge in [-0.1, -0.05) is 24.1 Å². The van der Waals surface area contributed by atoms with E-state index < -0.39 is 0 Å². The zero-order chi connectivity index (χ0) is 12.0. The number of benzene rings is 1. The van der Waals surface area contributed by atoms with Crippen LogP contribution in [0, 0.1) is 12.3 Å². The Morgan fingerprint density at radius 2 is 2.25 bits per heavy atom. The SMILES string of the molecule is C#CC(C)NCc1ccccc1C(=O)OC. The summed E-state index contributed by atoms with van der Waals surface area (Å²) in [6.07, 6.45) is 5.26. The molecule has 0 saturated carbocycles. The number of methoxy groups -OCH3 is 1. The standard InChI is InChI=1S/C13H15NO2/c1-4-10(2)14-9-11-7-5-6-8-12(11)13(15)16-3/h1,5-8,10,14H,9H2,2-3H3. The minimum Gasteiger partial charge on any atom is -0.465 e. The molecule has 84 valence electrons. The van der Waals surface area contributed by atoms with Gasteiger partial charge in [-0.15, -0.1) is 6.42 Å². The van der Waals surface area contributed by atoms with Crippen molar-refractivity contribution in [2.45, 2.75) is 19.5 Å².